The number of hydrogen-bond acceptors (Lipinski definition) is 5. The summed E-state index contributed by atoms with van der Waals surface area (Å²) in [7, 11) is 1.35. The van der Waals surface area contributed by atoms with Gasteiger partial charge in [-0.25, -0.2) is 4.79 Å². The molecule has 0 bridgehead atoms. The molecular weight excluding hydrogens is 354 g/mol. The van der Waals surface area contributed by atoms with Crippen LogP contribution in [0.4, 0.5) is 0 Å². The molecule has 140 valence electrons. The quantitative estimate of drug-likeness (QED) is 0.350. The van der Waals surface area contributed by atoms with Gasteiger partial charge in [0.25, 0.3) is 0 Å². The molecule has 3 rings (SSSR count). The molecule has 0 atom stereocenters. The molecule has 5 nitrogen and oxygen atoms in total. The normalized spacial score (nSPS) is 10.6. The minimum Gasteiger partial charge on any atom is -0.489 e. The summed E-state index contributed by atoms with van der Waals surface area (Å²) in [4.78, 5) is 27.4. The van der Waals surface area contributed by atoms with Gasteiger partial charge in [0.05, 0.1) is 12.7 Å². The Balaban J connectivity index is 1.55. The molecule has 0 saturated heterocycles. The van der Waals surface area contributed by atoms with Gasteiger partial charge in [-0.05, 0) is 53.6 Å². The third kappa shape index (κ3) is 5.14. The fourth-order valence-electron chi connectivity index (χ4n) is 2.47. The second-order valence-corrected chi connectivity index (χ2v) is 5.99. The van der Waals surface area contributed by atoms with Crippen LogP contribution in [0.1, 0.15) is 31.8 Å². The Kier molecular flexibility index (Phi) is 6.31. The van der Waals surface area contributed by atoms with Crippen molar-refractivity contribution in [2.75, 3.05) is 7.11 Å². The first-order valence-electron chi connectivity index (χ1n) is 8.68. The van der Waals surface area contributed by atoms with E-state index >= 15 is 0 Å². The lowest BCUT2D eigenvalue weighted by atomic mass is 10.1. The van der Waals surface area contributed by atoms with Gasteiger partial charge in [-0.2, -0.15) is 0 Å². The van der Waals surface area contributed by atoms with Crippen LogP contribution in [0.2, 0.25) is 0 Å². The van der Waals surface area contributed by atoms with E-state index in [1.165, 1.54) is 13.2 Å². The van der Waals surface area contributed by atoms with E-state index in [1.54, 1.807) is 42.7 Å². The summed E-state index contributed by atoms with van der Waals surface area (Å²) in [6.07, 6.45) is 6.45. The van der Waals surface area contributed by atoms with Gasteiger partial charge >= 0.3 is 5.97 Å². The summed E-state index contributed by atoms with van der Waals surface area (Å²) in [5.74, 6) is 0.259. The number of rotatable bonds is 7. The van der Waals surface area contributed by atoms with Crippen LogP contribution in [-0.2, 0) is 11.3 Å². The highest BCUT2D eigenvalue weighted by Crippen LogP contribution is 2.16. The molecule has 0 aliphatic rings. The van der Waals surface area contributed by atoms with E-state index in [2.05, 4.69) is 9.72 Å². The third-order valence-corrected chi connectivity index (χ3v) is 4.03. The fourth-order valence-corrected chi connectivity index (χ4v) is 2.47. The molecule has 5 heteroatoms. The first-order valence-corrected chi connectivity index (χ1v) is 8.68. The minimum atomic E-state index is -0.363. The highest BCUT2D eigenvalue weighted by Gasteiger charge is 2.05. The molecule has 0 spiro atoms. The first kappa shape index (κ1) is 19.0. The molecule has 0 aliphatic heterocycles. The number of benzene rings is 2. The number of hydrogen-bond donors (Lipinski definition) is 0. The van der Waals surface area contributed by atoms with Crippen LogP contribution >= 0.6 is 0 Å². The van der Waals surface area contributed by atoms with Gasteiger partial charge in [0.1, 0.15) is 12.4 Å². The Morgan fingerprint density at radius 1 is 0.964 bits per heavy atom. The van der Waals surface area contributed by atoms with E-state index in [4.69, 9.17) is 4.74 Å². The first-order chi connectivity index (χ1) is 13.7. The van der Waals surface area contributed by atoms with E-state index in [-0.39, 0.29) is 11.8 Å². The zero-order valence-electron chi connectivity index (χ0n) is 15.4. The number of esters is 1. The van der Waals surface area contributed by atoms with Crippen molar-refractivity contribution >= 4 is 17.8 Å². The summed E-state index contributed by atoms with van der Waals surface area (Å²) >= 11 is 0. The smallest absolute Gasteiger partial charge is 0.337 e. The average Bonchev–Trinajstić information content (AvgIpc) is 2.77. The minimum absolute atomic E-state index is 0.0937. The highest BCUT2D eigenvalue weighted by molar-refractivity contribution is 6.06. The zero-order chi connectivity index (χ0) is 19.8. The van der Waals surface area contributed by atoms with Gasteiger partial charge in [-0.1, -0.05) is 30.3 Å². The van der Waals surface area contributed by atoms with Crippen LogP contribution in [0, 0.1) is 0 Å². The number of ketones is 1. The van der Waals surface area contributed by atoms with Crippen molar-refractivity contribution in [1.82, 2.24) is 4.98 Å². The van der Waals surface area contributed by atoms with Crippen LogP contribution in [-0.4, -0.2) is 23.8 Å². The zero-order valence-corrected chi connectivity index (χ0v) is 15.4. The van der Waals surface area contributed by atoms with Crippen molar-refractivity contribution in [2.24, 2.45) is 0 Å². The number of pyridine rings is 1. The van der Waals surface area contributed by atoms with Crippen molar-refractivity contribution in [3.05, 3.63) is 101 Å². The summed E-state index contributed by atoms with van der Waals surface area (Å²) in [5.41, 5.74) is 2.89. The topological polar surface area (TPSA) is 65.5 Å². The van der Waals surface area contributed by atoms with Gasteiger partial charge in [0.2, 0.25) is 0 Å². The van der Waals surface area contributed by atoms with E-state index in [0.29, 0.717) is 23.5 Å². The van der Waals surface area contributed by atoms with Gasteiger partial charge < -0.3 is 9.47 Å². The van der Waals surface area contributed by atoms with Crippen molar-refractivity contribution in [2.45, 2.75) is 6.61 Å². The Labute approximate surface area is 163 Å². The molecule has 0 amide bonds. The third-order valence-electron chi connectivity index (χ3n) is 4.03. The number of aromatic nitrogens is 1. The molecule has 0 unspecified atom stereocenters. The molecule has 1 aromatic heterocycles. The Bertz CT molecular complexity index is 962. The second kappa shape index (κ2) is 9.28. The fraction of sp³-hybridized carbons (Fsp3) is 0.0870. The lowest BCUT2D eigenvalue weighted by Crippen LogP contribution is -2.01. The summed E-state index contributed by atoms with van der Waals surface area (Å²) in [5, 5.41) is 0. The van der Waals surface area contributed by atoms with Gasteiger partial charge in [-0.3, -0.25) is 9.78 Å². The SMILES string of the molecule is COC(=O)c1ccc(COc2ccc(C=CC(=O)c3cccnc3)cc2)cc1. The predicted octanol–water partition coefficient (Wildman–Crippen LogP) is 4.34. The molecule has 0 aliphatic carbocycles. The van der Waals surface area contributed by atoms with Crippen LogP contribution < -0.4 is 4.74 Å². The van der Waals surface area contributed by atoms with Crippen molar-refractivity contribution in [3.8, 4) is 5.75 Å². The molecule has 3 aromatic rings. The lowest BCUT2D eigenvalue weighted by molar-refractivity contribution is 0.0600. The highest BCUT2D eigenvalue weighted by atomic mass is 16.5. The molecule has 0 radical (unpaired) electrons. The molecule has 2 aromatic carbocycles. The summed E-state index contributed by atoms with van der Waals surface area (Å²) in [6, 6.07) is 18.0. The number of methoxy groups -OCH3 is 1. The number of carbonyl (C=O) groups excluding carboxylic acids is 2. The van der Waals surface area contributed by atoms with Crippen molar-refractivity contribution in [1.29, 1.82) is 0 Å². The van der Waals surface area contributed by atoms with Crippen LogP contribution in [0.25, 0.3) is 6.08 Å². The van der Waals surface area contributed by atoms with E-state index in [0.717, 1.165) is 11.1 Å². The Morgan fingerprint density at radius 3 is 2.36 bits per heavy atom. The van der Waals surface area contributed by atoms with Crippen LogP contribution in [0.3, 0.4) is 0 Å². The predicted molar refractivity (Wildman–Crippen MR) is 106 cm³/mol. The van der Waals surface area contributed by atoms with Crippen LogP contribution in [0.15, 0.2) is 79.1 Å². The van der Waals surface area contributed by atoms with Crippen molar-refractivity contribution < 1.29 is 19.1 Å². The Morgan fingerprint density at radius 2 is 1.71 bits per heavy atom. The second-order valence-electron chi connectivity index (χ2n) is 5.99. The molecule has 0 N–H and O–H groups in total. The lowest BCUT2D eigenvalue weighted by Gasteiger charge is -2.07. The maximum Gasteiger partial charge on any atom is 0.337 e. The standard InChI is InChI=1S/C23H19NO4/c1-27-23(26)19-9-4-18(5-10-19)16-28-21-11-6-17(7-12-21)8-13-22(25)20-3-2-14-24-15-20/h2-15H,16H2,1H3. The Hall–Kier alpha value is -3.73. The van der Waals surface area contributed by atoms with Crippen LogP contribution in [0.5, 0.6) is 5.75 Å². The van der Waals surface area contributed by atoms with Gasteiger partial charge in [-0.15, -0.1) is 0 Å². The molecule has 0 fully saturated rings. The number of carbonyl (C=O) groups is 2. The van der Waals surface area contributed by atoms with E-state index < -0.39 is 0 Å². The monoisotopic (exact) mass is 373 g/mol. The molecular formula is C23H19NO4. The van der Waals surface area contributed by atoms with Crippen molar-refractivity contribution in [3.63, 3.8) is 0 Å². The van der Waals surface area contributed by atoms with Gasteiger partial charge in [0, 0.05) is 18.0 Å². The maximum atomic E-state index is 12.0. The largest absolute Gasteiger partial charge is 0.489 e. The maximum absolute atomic E-state index is 12.0. The summed E-state index contributed by atoms with van der Waals surface area (Å²) < 4.78 is 10.4. The van der Waals surface area contributed by atoms with Gasteiger partial charge in [0.15, 0.2) is 5.78 Å². The number of nitrogens with zero attached hydrogens (tertiary/aromatic N) is 1. The molecule has 0 saturated carbocycles. The molecule has 28 heavy (non-hydrogen) atoms. The number of allylic oxidation sites excluding steroid dienone is 1. The van der Waals surface area contributed by atoms with E-state index in [9.17, 15) is 9.59 Å². The molecule has 1 heterocycles. The van der Waals surface area contributed by atoms with E-state index in [1.807, 2.05) is 36.4 Å². The average molecular weight is 373 g/mol. The number of ether oxygens (including phenoxy) is 2. The summed E-state index contributed by atoms with van der Waals surface area (Å²) in [6.45, 7) is 0.385.